The molecule has 1 heterocycles. The van der Waals surface area contributed by atoms with E-state index < -0.39 is 0 Å². The van der Waals surface area contributed by atoms with Gasteiger partial charge in [-0.1, -0.05) is 20.8 Å². The summed E-state index contributed by atoms with van der Waals surface area (Å²) in [5, 5.41) is 9.47. The van der Waals surface area contributed by atoms with E-state index in [1.54, 1.807) is 0 Å². The van der Waals surface area contributed by atoms with E-state index in [2.05, 4.69) is 25.7 Å². The first kappa shape index (κ1) is 10.0. The molecular weight excluding hydrogens is 150 g/mol. The van der Waals surface area contributed by atoms with Crippen molar-refractivity contribution in [2.75, 3.05) is 13.1 Å². The minimum atomic E-state index is -0.0753. The molecule has 0 aromatic rings. The molecule has 0 radical (unpaired) electrons. The average Bonchev–Trinajstić information content (AvgIpc) is 2.29. The first-order chi connectivity index (χ1) is 5.63. The number of hydrogen-bond donors (Lipinski definition) is 1. The molecule has 1 rings (SSSR count). The van der Waals surface area contributed by atoms with Crippen LogP contribution >= 0.6 is 0 Å². The van der Waals surface area contributed by atoms with Crippen LogP contribution in [0, 0.1) is 5.92 Å². The van der Waals surface area contributed by atoms with Crippen LogP contribution in [-0.2, 0) is 0 Å². The van der Waals surface area contributed by atoms with Gasteiger partial charge in [0, 0.05) is 12.6 Å². The first-order valence-corrected chi connectivity index (χ1v) is 5.05. The number of aliphatic hydroxyl groups is 1. The standard InChI is InChI=1S/C10H21NO/c1-4-11-7-10(12)6-9(11)5-8(2)3/h8-10,12H,4-7H2,1-3H3. The van der Waals surface area contributed by atoms with E-state index in [9.17, 15) is 5.11 Å². The smallest absolute Gasteiger partial charge is 0.0682 e. The molecule has 0 spiro atoms. The Morgan fingerprint density at radius 3 is 2.67 bits per heavy atom. The van der Waals surface area contributed by atoms with Crippen LogP contribution < -0.4 is 0 Å². The van der Waals surface area contributed by atoms with Gasteiger partial charge in [-0.2, -0.15) is 0 Å². The first-order valence-electron chi connectivity index (χ1n) is 5.05. The van der Waals surface area contributed by atoms with E-state index in [1.807, 2.05) is 0 Å². The monoisotopic (exact) mass is 171 g/mol. The van der Waals surface area contributed by atoms with Gasteiger partial charge < -0.3 is 5.11 Å². The van der Waals surface area contributed by atoms with Crippen molar-refractivity contribution in [3.63, 3.8) is 0 Å². The number of likely N-dealkylation sites (N-methyl/N-ethyl adjacent to an activating group) is 1. The Balaban J connectivity index is 2.40. The number of rotatable bonds is 3. The Morgan fingerprint density at radius 1 is 1.50 bits per heavy atom. The van der Waals surface area contributed by atoms with Gasteiger partial charge in [0.15, 0.2) is 0 Å². The van der Waals surface area contributed by atoms with Gasteiger partial charge in [0.2, 0.25) is 0 Å². The fourth-order valence-electron chi connectivity index (χ4n) is 2.13. The molecule has 2 heteroatoms. The highest BCUT2D eigenvalue weighted by Crippen LogP contribution is 2.22. The zero-order valence-corrected chi connectivity index (χ0v) is 8.45. The largest absolute Gasteiger partial charge is 0.392 e. The van der Waals surface area contributed by atoms with Crippen molar-refractivity contribution in [3.05, 3.63) is 0 Å². The predicted octanol–water partition coefficient (Wildman–Crippen LogP) is 1.49. The molecular formula is C10H21NO. The van der Waals surface area contributed by atoms with Crippen molar-refractivity contribution in [3.8, 4) is 0 Å². The molecule has 0 aromatic carbocycles. The van der Waals surface area contributed by atoms with Gasteiger partial charge in [0.1, 0.15) is 0 Å². The molecule has 0 saturated carbocycles. The summed E-state index contributed by atoms with van der Waals surface area (Å²) in [4.78, 5) is 2.39. The Kier molecular flexibility index (Phi) is 3.53. The lowest BCUT2D eigenvalue weighted by molar-refractivity contribution is 0.176. The minimum Gasteiger partial charge on any atom is -0.392 e. The molecule has 72 valence electrons. The van der Waals surface area contributed by atoms with Crippen LogP contribution in [0.2, 0.25) is 0 Å². The van der Waals surface area contributed by atoms with Crippen molar-refractivity contribution in [2.24, 2.45) is 5.92 Å². The second-order valence-corrected chi connectivity index (χ2v) is 4.26. The van der Waals surface area contributed by atoms with E-state index >= 15 is 0 Å². The lowest BCUT2D eigenvalue weighted by Crippen LogP contribution is -2.30. The third-order valence-corrected chi connectivity index (χ3v) is 2.66. The van der Waals surface area contributed by atoms with Crippen LogP contribution in [0.5, 0.6) is 0 Å². The average molecular weight is 171 g/mol. The second-order valence-electron chi connectivity index (χ2n) is 4.26. The summed E-state index contributed by atoms with van der Waals surface area (Å²) >= 11 is 0. The van der Waals surface area contributed by atoms with Crippen LogP contribution in [0.1, 0.15) is 33.6 Å². The van der Waals surface area contributed by atoms with Crippen molar-refractivity contribution in [1.29, 1.82) is 0 Å². The van der Waals surface area contributed by atoms with E-state index in [4.69, 9.17) is 0 Å². The lowest BCUT2D eigenvalue weighted by Gasteiger charge is -2.23. The third kappa shape index (κ3) is 2.46. The van der Waals surface area contributed by atoms with Crippen molar-refractivity contribution < 1.29 is 5.11 Å². The predicted molar refractivity (Wildman–Crippen MR) is 51.1 cm³/mol. The molecule has 1 saturated heterocycles. The maximum absolute atomic E-state index is 9.47. The topological polar surface area (TPSA) is 23.5 Å². The molecule has 2 atom stereocenters. The normalized spacial score (nSPS) is 31.8. The SMILES string of the molecule is CCN1CC(O)CC1CC(C)C. The van der Waals surface area contributed by atoms with Gasteiger partial charge >= 0.3 is 0 Å². The Bertz CT molecular complexity index is 136. The van der Waals surface area contributed by atoms with Gasteiger partial charge in [-0.15, -0.1) is 0 Å². The van der Waals surface area contributed by atoms with Crippen LogP contribution in [-0.4, -0.2) is 35.2 Å². The third-order valence-electron chi connectivity index (χ3n) is 2.66. The summed E-state index contributed by atoms with van der Waals surface area (Å²) in [6, 6.07) is 0.630. The molecule has 0 amide bonds. The highest BCUT2D eigenvalue weighted by molar-refractivity contribution is 4.84. The molecule has 1 aliphatic heterocycles. The fourth-order valence-corrected chi connectivity index (χ4v) is 2.13. The summed E-state index contributed by atoms with van der Waals surface area (Å²) in [5.74, 6) is 0.745. The number of hydrogen-bond acceptors (Lipinski definition) is 2. The summed E-state index contributed by atoms with van der Waals surface area (Å²) in [6.07, 6.45) is 2.13. The minimum absolute atomic E-state index is 0.0753. The molecule has 1 N–H and O–H groups in total. The van der Waals surface area contributed by atoms with Crippen LogP contribution in [0.4, 0.5) is 0 Å². The van der Waals surface area contributed by atoms with Gasteiger partial charge in [-0.05, 0) is 25.3 Å². The van der Waals surface area contributed by atoms with Gasteiger partial charge in [-0.25, -0.2) is 0 Å². The van der Waals surface area contributed by atoms with Crippen LogP contribution in [0.3, 0.4) is 0 Å². The van der Waals surface area contributed by atoms with E-state index in [0.717, 1.165) is 25.4 Å². The maximum atomic E-state index is 9.47. The van der Waals surface area contributed by atoms with Crippen LogP contribution in [0.25, 0.3) is 0 Å². The maximum Gasteiger partial charge on any atom is 0.0682 e. The van der Waals surface area contributed by atoms with Gasteiger partial charge in [0.05, 0.1) is 6.10 Å². The lowest BCUT2D eigenvalue weighted by atomic mass is 10.0. The highest BCUT2D eigenvalue weighted by atomic mass is 16.3. The van der Waals surface area contributed by atoms with Gasteiger partial charge in [-0.3, -0.25) is 4.90 Å². The number of likely N-dealkylation sites (tertiary alicyclic amines) is 1. The molecule has 2 unspecified atom stereocenters. The zero-order chi connectivity index (χ0) is 9.14. The second kappa shape index (κ2) is 4.24. The molecule has 12 heavy (non-hydrogen) atoms. The molecule has 0 aromatic heterocycles. The summed E-state index contributed by atoms with van der Waals surface area (Å²) < 4.78 is 0. The molecule has 2 nitrogen and oxygen atoms in total. The quantitative estimate of drug-likeness (QED) is 0.695. The fraction of sp³-hybridized carbons (Fsp3) is 1.00. The number of aliphatic hydroxyl groups excluding tert-OH is 1. The summed E-state index contributed by atoms with van der Waals surface area (Å²) in [5.41, 5.74) is 0. The molecule has 0 aliphatic carbocycles. The Morgan fingerprint density at radius 2 is 2.17 bits per heavy atom. The van der Waals surface area contributed by atoms with Gasteiger partial charge in [0.25, 0.3) is 0 Å². The number of nitrogens with zero attached hydrogens (tertiary/aromatic N) is 1. The van der Waals surface area contributed by atoms with Crippen LogP contribution in [0.15, 0.2) is 0 Å². The molecule has 1 aliphatic rings. The summed E-state index contributed by atoms with van der Waals surface area (Å²) in [7, 11) is 0. The van der Waals surface area contributed by atoms with E-state index in [0.29, 0.717) is 6.04 Å². The van der Waals surface area contributed by atoms with E-state index in [1.165, 1.54) is 6.42 Å². The van der Waals surface area contributed by atoms with Crippen molar-refractivity contribution in [1.82, 2.24) is 4.90 Å². The molecule has 1 fully saturated rings. The Labute approximate surface area is 75.6 Å². The number of β-amino-alcohol motifs (C(OH)–C–C–N with tert-alkyl or cyclic N) is 1. The van der Waals surface area contributed by atoms with Crippen molar-refractivity contribution >= 4 is 0 Å². The Hall–Kier alpha value is -0.0800. The highest BCUT2D eigenvalue weighted by Gasteiger charge is 2.29. The van der Waals surface area contributed by atoms with E-state index in [-0.39, 0.29) is 6.10 Å². The zero-order valence-electron chi connectivity index (χ0n) is 8.45. The van der Waals surface area contributed by atoms with Crippen molar-refractivity contribution in [2.45, 2.75) is 45.8 Å². The molecule has 0 bridgehead atoms. The summed E-state index contributed by atoms with van der Waals surface area (Å²) in [6.45, 7) is 8.63.